The van der Waals surface area contributed by atoms with Crippen molar-refractivity contribution in [3.63, 3.8) is 0 Å². The molecule has 2 aromatic rings. The van der Waals surface area contributed by atoms with Crippen LogP contribution in [0.3, 0.4) is 0 Å². The standard InChI is InChI=1S/C17H23N5O2/c1-17(2,3)20-16(23)22-10-6-13(7-11-22)15-19-14(21-24-15)12-4-8-18-9-5-12/h4-5,8-9,13H,6-7,10-11H2,1-3H3,(H,20,23). The third-order valence-corrected chi connectivity index (χ3v) is 3.99. The van der Waals surface area contributed by atoms with Crippen molar-refractivity contribution in [3.05, 3.63) is 30.4 Å². The molecular weight excluding hydrogens is 306 g/mol. The van der Waals surface area contributed by atoms with E-state index in [2.05, 4.69) is 20.4 Å². The van der Waals surface area contributed by atoms with Gasteiger partial charge in [0.25, 0.3) is 0 Å². The molecule has 7 heteroatoms. The fourth-order valence-electron chi connectivity index (χ4n) is 2.75. The molecule has 3 rings (SSSR count). The summed E-state index contributed by atoms with van der Waals surface area (Å²) in [5, 5.41) is 7.06. The van der Waals surface area contributed by atoms with E-state index < -0.39 is 0 Å². The van der Waals surface area contributed by atoms with Crippen LogP contribution in [0.2, 0.25) is 0 Å². The molecule has 1 fully saturated rings. The number of piperidine rings is 1. The molecule has 1 saturated heterocycles. The first-order chi connectivity index (χ1) is 11.4. The van der Waals surface area contributed by atoms with Crippen LogP contribution in [-0.2, 0) is 0 Å². The summed E-state index contributed by atoms with van der Waals surface area (Å²) in [5.41, 5.74) is 0.668. The van der Waals surface area contributed by atoms with Gasteiger partial charge in [-0.15, -0.1) is 0 Å². The first kappa shape index (κ1) is 16.4. The third kappa shape index (κ3) is 3.90. The first-order valence-corrected chi connectivity index (χ1v) is 8.23. The van der Waals surface area contributed by atoms with E-state index in [0.717, 1.165) is 18.4 Å². The predicted molar refractivity (Wildman–Crippen MR) is 89.4 cm³/mol. The summed E-state index contributed by atoms with van der Waals surface area (Å²) in [5.74, 6) is 1.43. The molecule has 2 amide bonds. The Morgan fingerprint density at radius 3 is 2.54 bits per heavy atom. The molecule has 7 nitrogen and oxygen atoms in total. The Balaban J connectivity index is 1.59. The zero-order chi connectivity index (χ0) is 17.2. The van der Waals surface area contributed by atoms with Crippen LogP contribution < -0.4 is 5.32 Å². The molecule has 1 aliphatic heterocycles. The maximum Gasteiger partial charge on any atom is 0.317 e. The van der Waals surface area contributed by atoms with E-state index >= 15 is 0 Å². The van der Waals surface area contributed by atoms with Crippen LogP contribution in [0.4, 0.5) is 4.79 Å². The van der Waals surface area contributed by atoms with Crippen LogP contribution in [0.1, 0.15) is 45.4 Å². The zero-order valence-electron chi connectivity index (χ0n) is 14.3. The lowest BCUT2D eigenvalue weighted by molar-refractivity contribution is 0.167. The molecule has 1 aliphatic rings. The van der Waals surface area contributed by atoms with Gasteiger partial charge in [-0.05, 0) is 45.7 Å². The molecule has 1 N–H and O–H groups in total. The second kappa shape index (κ2) is 6.59. The van der Waals surface area contributed by atoms with Gasteiger partial charge in [0.1, 0.15) is 0 Å². The van der Waals surface area contributed by atoms with E-state index in [1.807, 2.05) is 37.8 Å². The minimum atomic E-state index is -0.222. The van der Waals surface area contributed by atoms with Gasteiger partial charge in [-0.2, -0.15) is 4.98 Å². The number of hydrogen-bond acceptors (Lipinski definition) is 5. The van der Waals surface area contributed by atoms with E-state index in [-0.39, 0.29) is 17.5 Å². The highest BCUT2D eigenvalue weighted by molar-refractivity contribution is 5.75. The highest BCUT2D eigenvalue weighted by Gasteiger charge is 2.28. The Labute approximate surface area is 141 Å². The number of nitrogens with zero attached hydrogens (tertiary/aromatic N) is 4. The summed E-state index contributed by atoms with van der Waals surface area (Å²) in [4.78, 5) is 22.5. The topological polar surface area (TPSA) is 84.2 Å². The maximum absolute atomic E-state index is 12.2. The monoisotopic (exact) mass is 329 g/mol. The van der Waals surface area contributed by atoms with Crippen molar-refractivity contribution in [2.24, 2.45) is 0 Å². The van der Waals surface area contributed by atoms with Gasteiger partial charge in [-0.3, -0.25) is 4.98 Å². The number of carbonyl (C=O) groups excluding carboxylic acids is 1. The van der Waals surface area contributed by atoms with Crippen molar-refractivity contribution < 1.29 is 9.32 Å². The van der Waals surface area contributed by atoms with Crippen molar-refractivity contribution in [1.29, 1.82) is 0 Å². The van der Waals surface area contributed by atoms with Crippen LogP contribution in [-0.4, -0.2) is 44.7 Å². The Kier molecular flexibility index (Phi) is 4.51. The summed E-state index contributed by atoms with van der Waals surface area (Å²) < 4.78 is 5.43. The van der Waals surface area contributed by atoms with Gasteiger partial charge in [0.05, 0.1) is 0 Å². The summed E-state index contributed by atoms with van der Waals surface area (Å²) in [6.45, 7) is 7.34. The molecule has 0 atom stereocenters. The van der Waals surface area contributed by atoms with Crippen LogP contribution in [0.5, 0.6) is 0 Å². The van der Waals surface area contributed by atoms with Crippen molar-refractivity contribution in [2.75, 3.05) is 13.1 Å². The van der Waals surface area contributed by atoms with E-state index in [9.17, 15) is 4.79 Å². The Bertz CT molecular complexity index is 685. The van der Waals surface area contributed by atoms with Crippen molar-refractivity contribution in [2.45, 2.75) is 45.1 Å². The molecule has 2 aromatic heterocycles. The second-order valence-corrected chi connectivity index (χ2v) is 7.13. The lowest BCUT2D eigenvalue weighted by Gasteiger charge is -2.33. The summed E-state index contributed by atoms with van der Waals surface area (Å²) in [6, 6.07) is 3.70. The quantitative estimate of drug-likeness (QED) is 0.916. The van der Waals surface area contributed by atoms with Crippen LogP contribution in [0, 0.1) is 0 Å². The van der Waals surface area contributed by atoms with Gasteiger partial charge in [0.15, 0.2) is 0 Å². The van der Waals surface area contributed by atoms with Gasteiger partial charge in [0, 0.05) is 42.5 Å². The molecule has 0 spiro atoms. The highest BCUT2D eigenvalue weighted by Crippen LogP contribution is 2.28. The van der Waals surface area contributed by atoms with Crippen LogP contribution in [0.15, 0.2) is 29.0 Å². The number of hydrogen-bond donors (Lipinski definition) is 1. The summed E-state index contributed by atoms with van der Waals surface area (Å²) in [7, 11) is 0. The van der Waals surface area contributed by atoms with Gasteiger partial charge in [-0.1, -0.05) is 5.16 Å². The molecular formula is C17H23N5O2. The number of aromatic nitrogens is 3. The third-order valence-electron chi connectivity index (χ3n) is 3.99. The predicted octanol–water partition coefficient (Wildman–Crippen LogP) is 2.82. The van der Waals surface area contributed by atoms with E-state index in [1.54, 1.807) is 12.4 Å². The lowest BCUT2D eigenvalue weighted by Crippen LogP contribution is -2.50. The molecule has 0 radical (unpaired) electrons. The van der Waals surface area contributed by atoms with Gasteiger partial charge in [-0.25, -0.2) is 4.79 Å². The Morgan fingerprint density at radius 1 is 1.25 bits per heavy atom. The largest absolute Gasteiger partial charge is 0.339 e. The van der Waals surface area contributed by atoms with E-state index in [0.29, 0.717) is 24.8 Å². The van der Waals surface area contributed by atoms with E-state index in [4.69, 9.17) is 4.52 Å². The number of nitrogens with one attached hydrogen (secondary N) is 1. The summed E-state index contributed by atoms with van der Waals surface area (Å²) >= 11 is 0. The average molecular weight is 329 g/mol. The van der Waals surface area contributed by atoms with Crippen molar-refractivity contribution >= 4 is 6.03 Å². The molecule has 0 aliphatic carbocycles. The minimum Gasteiger partial charge on any atom is -0.339 e. The fraction of sp³-hybridized carbons (Fsp3) is 0.529. The van der Waals surface area contributed by atoms with Crippen LogP contribution >= 0.6 is 0 Å². The van der Waals surface area contributed by atoms with Crippen molar-refractivity contribution in [1.82, 2.24) is 25.3 Å². The number of amides is 2. The zero-order valence-corrected chi connectivity index (χ0v) is 14.3. The molecule has 0 unspecified atom stereocenters. The molecule has 128 valence electrons. The SMILES string of the molecule is CC(C)(C)NC(=O)N1CCC(c2nc(-c3ccncc3)no2)CC1. The second-order valence-electron chi connectivity index (χ2n) is 7.13. The number of pyridine rings is 1. The molecule has 0 aromatic carbocycles. The Hall–Kier alpha value is -2.44. The number of urea groups is 1. The smallest absolute Gasteiger partial charge is 0.317 e. The molecule has 0 saturated carbocycles. The van der Waals surface area contributed by atoms with E-state index in [1.165, 1.54) is 0 Å². The highest BCUT2D eigenvalue weighted by atomic mass is 16.5. The normalized spacial score (nSPS) is 16.2. The fourth-order valence-corrected chi connectivity index (χ4v) is 2.75. The minimum absolute atomic E-state index is 0.0102. The maximum atomic E-state index is 12.2. The average Bonchev–Trinajstić information content (AvgIpc) is 3.04. The first-order valence-electron chi connectivity index (χ1n) is 8.23. The number of rotatable bonds is 2. The number of likely N-dealkylation sites (tertiary alicyclic amines) is 1. The van der Waals surface area contributed by atoms with Crippen LogP contribution in [0.25, 0.3) is 11.4 Å². The Morgan fingerprint density at radius 2 is 1.92 bits per heavy atom. The van der Waals surface area contributed by atoms with Gasteiger partial charge < -0.3 is 14.7 Å². The lowest BCUT2D eigenvalue weighted by atomic mass is 9.97. The van der Waals surface area contributed by atoms with Gasteiger partial charge >= 0.3 is 6.03 Å². The summed E-state index contributed by atoms with van der Waals surface area (Å²) in [6.07, 6.45) is 5.07. The van der Waals surface area contributed by atoms with Gasteiger partial charge in [0.2, 0.25) is 11.7 Å². The molecule has 3 heterocycles. The molecule has 0 bridgehead atoms. The van der Waals surface area contributed by atoms with Crippen molar-refractivity contribution in [3.8, 4) is 11.4 Å². The molecule has 24 heavy (non-hydrogen) atoms. The number of carbonyl (C=O) groups is 1.